The highest BCUT2D eigenvalue weighted by Gasteiger charge is 2.25. The fourth-order valence-corrected chi connectivity index (χ4v) is 3.73. The monoisotopic (exact) mass is 559 g/mol. The van der Waals surface area contributed by atoms with Crippen LogP contribution in [0, 0.1) is 0 Å². The summed E-state index contributed by atoms with van der Waals surface area (Å²) in [5.41, 5.74) is 0.994. The van der Waals surface area contributed by atoms with Gasteiger partial charge in [-0.15, -0.1) is 24.0 Å². The molecule has 0 amide bonds. The van der Waals surface area contributed by atoms with Crippen molar-refractivity contribution in [1.82, 2.24) is 15.4 Å². The van der Waals surface area contributed by atoms with Crippen LogP contribution < -0.4 is 25.0 Å². The van der Waals surface area contributed by atoms with E-state index in [1.807, 2.05) is 25.1 Å². The van der Waals surface area contributed by atoms with Gasteiger partial charge >= 0.3 is 0 Å². The van der Waals surface area contributed by atoms with Gasteiger partial charge in [0.1, 0.15) is 5.75 Å². The lowest BCUT2D eigenvalue weighted by molar-refractivity contribution is 0.415. The predicted octanol–water partition coefficient (Wildman–Crippen LogP) is 2.04. The molecule has 1 atom stereocenters. The summed E-state index contributed by atoms with van der Waals surface area (Å²) in [7, 11) is -1.49. The molecule has 1 unspecified atom stereocenters. The number of nitrogens with zero attached hydrogens (tertiary/aromatic N) is 2. The molecule has 29 heavy (non-hydrogen) atoms. The van der Waals surface area contributed by atoms with E-state index >= 15 is 0 Å². The van der Waals surface area contributed by atoms with Crippen LogP contribution in [0.25, 0.3) is 0 Å². The van der Waals surface area contributed by atoms with Crippen molar-refractivity contribution in [2.24, 2.45) is 4.99 Å². The fourth-order valence-electron chi connectivity index (χ4n) is 3.05. The van der Waals surface area contributed by atoms with Gasteiger partial charge in [-0.2, -0.15) is 0 Å². The SMILES string of the molecule is CCNC(=NCCCNS(C)(=O)=O)NC1CCN(c2cc(Cl)ccc2OC)C1.I. The third-order valence-electron chi connectivity index (χ3n) is 4.32. The molecule has 0 bridgehead atoms. The number of rotatable bonds is 9. The van der Waals surface area contributed by atoms with Crippen molar-refractivity contribution < 1.29 is 13.2 Å². The zero-order valence-electron chi connectivity index (χ0n) is 17.1. The normalized spacial score (nSPS) is 17.0. The zero-order valence-corrected chi connectivity index (χ0v) is 21.0. The molecule has 1 aromatic rings. The Morgan fingerprint density at radius 2 is 2.17 bits per heavy atom. The molecule has 11 heteroatoms. The van der Waals surface area contributed by atoms with Gasteiger partial charge in [-0.25, -0.2) is 13.1 Å². The van der Waals surface area contributed by atoms with Gasteiger partial charge in [-0.3, -0.25) is 4.99 Å². The molecule has 2 rings (SSSR count). The van der Waals surface area contributed by atoms with Gasteiger partial charge in [0.15, 0.2) is 5.96 Å². The first kappa shape index (κ1) is 26.1. The first-order chi connectivity index (χ1) is 13.3. The van der Waals surface area contributed by atoms with Gasteiger partial charge < -0.3 is 20.3 Å². The average Bonchev–Trinajstić information content (AvgIpc) is 3.09. The maximum atomic E-state index is 11.1. The third kappa shape index (κ3) is 9.14. The lowest BCUT2D eigenvalue weighted by Gasteiger charge is -2.22. The summed E-state index contributed by atoms with van der Waals surface area (Å²) in [5.74, 6) is 1.55. The van der Waals surface area contributed by atoms with E-state index < -0.39 is 10.0 Å². The second kappa shape index (κ2) is 12.7. The van der Waals surface area contributed by atoms with Crippen LogP contribution in [0.15, 0.2) is 23.2 Å². The predicted molar refractivity (Wildman–Crippen MR) is 131 cm³/mol. The largest absolute Gasteiger partial charge is 0.495 e. The summed E-state index contributed by atoms with van der Waals surface area (Å²) in [6, 6.07) is 5.88. The Bertz CT molecular complexity index is 779. The minimum Gasteiger partial charge on any atom is -0.495 e. The molecule has 8 nitrogen and oxygen atoms in total. The number of guanidine groups is 1. The number of halogens is 2. The second-order valence-electron chi connectivity index (χ2n) is 6.67. The molecule has 3 N–H and O–H groups in total. The summed E-state index contributed by atoms with van der Waals surface area (Å²) in [5, 5.41) is 7.38. The fraction of sp³-hybridized carbons (Fsp3) is 0.611. The van der Waals surface area contributed by atoms with E-state index in [1.165, 1.54) is 0 Å². The molecule has 166 valence electrons. The lowest BCUT2D eigenvalue weighted by Crippen LogP contribution is -2.44. The van der Waals surface area contributed by atoms with Gasteiger partial charge in [0.2, 0.25) is 10.0 Å². The van der Waals surface area contributed by atoms with Crippen molar-refractivity contribution in [3.8, 4) is 5.75 Å². The van der Waals surface area contributed by atoms with E-state index in [-0.39, 0.29) is 30.0 Å². The van der Waals surface area contributed by atoms with Crippen molar-refractivity contribution in [3.63, 3.8) is 0 Å². The standard InChI is InChI=1S/C18H30ClN5O3S.HI/c1-4-20-18(21-9-5-10-22-28(3,25)26)23-15-8-11-24(13-15)16-12-14(19)6-7-17(16)27-2;/h6-7,12,15,22H,4-5,8-11,13H2,1-3H3,(H2,20,21,23);1H. The molecule has 1 saturated heterocycles. The first-order valence-corrected chi connectivity index (χ1v) is 11.7. The molecule has 1 aliphatic heterocycles. The second-order valence-corrected chi connectivity index (χ2v) is 8.94. The van der Waals surface area contributed by atoms with Crippen LogP contribution in [0.5, 0.6) is 5.75 Å². The van der Waals surface area contributed by atoms with Crippen molar-refractivity contribution in [3.05, 3.63) is 23.2 Å². The Morgan fingerprint density at radius 1 is 1.41 bits per heavy atom. The van der Waals surface area contributed by atoms with E-state index in [0.717, 1.165) is 49.7 Å². The van der Waals surface area contributed by atoms with Gasteiger partial charge in [-0.1, -0.05) is 11.6 Å². The van der Waals surface area contributed by atoms with Crippen molar-refractivity contribution in [1.29, 1.82) is 0 Å². The van der Waals surface area contributed by atoms with Crippen LogP contribution in [0.1, 0.15) is 19.8 Å². The zero-order chi connectivity index (χ0) is 20.6. The minimum absolute atomic E-state index is 0. The number of aliphatic imine (C=N–C) groups is 1. The lowest BCUT2D eigenvalue weighted by atomic mass is 10.2. The summed E-state index contributed by atoms with van der Waals surface area (Å²) in [6.45, 7) is 5.40. The molecular weight excluding hydrogens is 529 g/mol. The molecule has 1 aromatic carbocycles. The number of ether oxygens (including phenoxy) is 1. The molecule has 0 aromatic heterocycles. The number of methoxy groups -OCH3 is 1. The highest BCUT2D eigenvalue weighted by atomic mass is 127. The highest BCUT2D eigenvalue weighted by molar-refractivity contribution is 14.0. The molecule has 1 heterocycles. The van der Waals surface area contributed by atoms with Gasteiger partial charge in [0.25, 0.3) is 0 Å². The first-order valence-electron chi connectivity index (χ1n) is 9.40. The van der Waals surface area contributed by atoms with Crippen LogP contribution >= 0.6 is 35.6 Å². The van der Waals surface area contributed by atoms with Gasteiger partial charge in [-0.05, 0) is 38.0 Å². The molecule has 0 spiro atoms. The highest BCUT2D eigenvalue weighted by Crippen LogP contribution is 2.33. The number of benzene rings is 1. The van der Waals surface area contributed by atoms with Gasteiger partial charge in [0.05, 0.1) is 19.1 Å². The Morgan fingerprint density at radius 3 is 2.83 bits per heavy atom. The summed E-state index contributed by atoms with van der Waals surface area (Å²) >= 11 is 6.16. The van der Waals surface area contributed by atoms with E-state index in [0.29, 0.717) is 24.5 Å². The Kier molecular flexibility index (Phi) is 11.4. The summed E-state index contributed by atoms with van der Waals surface area (Å²) in [6.07, 6.45) is 2.76. The van der Waals surface area contributed by atoms with Crippen LogP contribution in [0.2, 0.25) is 5.02 Å². The topological polar surface area (TPSA) is 95.1 Å². The molecule has 1 fully saturated rings. The molecule has 0 radical (unpaired) electrons. The van der Waals surface area contributed by atoms with Crippen LogP contribution in [0.4, 0.5) is 5.69 Å². The number of anilines is 1. The number of nitrogens with one attached hydrogen (secondary N) is 3. The van der Waals surface area contributed by atoms with Crippen LogP contribution in [-0.4, -0.2) is 66.5 Å². The average molecular weight is 560 g/mol. The summed E-state index contributed by atoms with van der Waals surface area (Å²) < 4.78 is 30.1. The summed E-state index contributed by atoms with van der Waals surface area (Å²) in [4.78, 5) is 6.79. The Hall–Kier alpha value is -0.980. The van der Waals surface area contributed by atoms with Gasteiger partial charge in [0, 0.05) is 43.8 Å². The third-order valence-corrected chi connectivity index (χ3v) is 5.29. The number of hydrogen-bond donors (Lipinski definition) is 3. The number of hydrogen-bond acceptors (Lipinski definition) is 5. The minimum atomic E-state index is -3.15. The quantitative estimate of drug-likeness (QED) is 0.186. The maximum Gasteiger partial charge on any atom is 0.208 e. The smallest absolute Gasteiger partial charge is 0.208 e. The number of sulfonamides is 1. The molecular formula is C18H31ClIN5O3S. The Balaban J connectivity index is 0.00000420. The van der Waals surface area contributed by atoms with E-state index in [9.17, 15) is 8.42 Å². The maximum absolute atomic E-state index is 11.1. The van der Waals surface area contributed by atoms with Crippen molar-refractivity contribution in [2.75, 3.05) is 51.0 Å². The van der Waals surface area contributed by atoms with E-state index in [4.69, 9.17) is 16.3 Å². The van der Waals surface area contributed by atoms with Crippen molar-refractivity contribution >= 4 is 57.2 Å². The van der Waals surface area contributed by atoms with Crippen LogP contribution in [0.3, 0.4) is 0 Å². The molecule has 0 aliphatic carbocycles. The molecule has 1 aliphatic rings. The van der Waals surface area contributed by atoms with E-state index in [1.54, 1.807) is 7.11 Å². The van der Waals surface area contributed by atoms with E-state index in [2.05, 4.69) is 25.2 Å². The van der Waals surface area contributed by atoms with Crippen molar-refractivity contribution in [2.45, 2.75) is 25.8 Å². The molecule has 0 saturated carbocycles. The Labute approximate surface area is 195 Å². The van der Waals surface area contributed by atoms with Crippen LogP contribution in [-0.2, 0) is 10.0 Å².